The molecule has 0 bridgehead atoms. The molecule has 2 heterocycles. The highest BCUT2D eigenvalue weighted by Gasteiger charge is 2.09. The summed E-state index contributed by atoms with van der Waals surface area (Å²) in [6, 6.07) is 17.0. The van der Waals surface area contributed by atoms with E-state index in [9.17, 15) is 5.26 Å². The lowest BCUT2D eigenvalue weighted by Crippen LogP contribution is -1.85. The molecule has 0 fully saturated rings. The van der Waals surface area contributed by atoms with Crippen LogP contribution in [0.1, 0.15) is 16.1 Å². The van der Waals surface area contributed by atoms with Crippen molar-refractivity contribution in [3.05, 3.63) is 70.2 Å². The summed E-state index contributed by atoms with van der Waals surface area (Å²) in [5.74, 6) is 0. The van der Waals surface area contributed by atoms with Gasteiger partial charge in [0, 0.05) is 11.6 Å². The number of allylic oxidation sites excluding steroid dienone is 1. The molecule has 3 rings (SSSR count). The van der Waals surface area contributed by atoms with Crippen molar-refractivity contribution in [1.82, 2.24) is 9.97 Å². The van der Waals surface area contributed by atoms with Gasteiger partial charge in [-0.05, 0) is 35.9 Å². The first-order valence-corrected chi connectivity index (χ1v) is 7.67. The van der Waals surface area contributed by atoms with Crippen LogP contribution in [0.25, 0.3) is 23.0 Å². The third kappa shape index (κ3) is 3.32. The van der Waals surface area contributed by atoms with Crippen LogP contribution >= 0.6 is 11.3 Å². The van der Waals surface area contributed by atoms with Gasteiger partial charge in [0.1, 0.15) is 16.8 Å². The number of aromatic nitrogens is 2. The van der Waals surface area contributed by atoms with Crippen molar-refractivity contribution in [2.75, 3.05) is 0 Å². The minimum atomic E-state index is 0.465. The number of hydrogen-bond donors (Lipinski definition) is 0. The van der Waals surface area contributed by atoms with Crippen LogP contribution in [-0.2, 0) is 0 Å². The largest absolute Gasteiger partial charge is 0.255 e. The van der Waals surface area contributed by atoms with Crippen molar-refractivity contribution in [3.63, 3.8) is 0 Å². The molecule has 5 heteroatoms. The van der Waals surface area contributed by atoms with E-state index in [1.807, 2.05) is 29.6 Å². The average molecular weight is 314 g/mol. The quantitative estimate of drug-likeness (QED) is 0.681. The maximum Gasteiger partial charge on any atom is 0.134 e. The molecule has 3 aromatic rings. The van der Waals surface area contributed by atoms with E-state index in [0.717, 1.165) is 17.0 Å². The standard InChI is InChI=1S/C18H10N4S/c19-10-14-5-3-4-13(8-14)9-15(11-20)18-22-17(12-23-18)16-6-1-2-7-21-16/h1-9,12H/b15-9-. The van der Waals surface area contributed by atoms with Gasteiger partial charge in [-0.2, -0.15) is 10.5 Å². The average Bonchev–Trinajstić information content (AvgIpc) is 3.10. The lowest BCUT2D eigenvalue weighted by molar-refractivity contribution is 1.27. The molecule has 0 amide bonds. The summed E-state index contributed by atoms with van der Waals surface area (Å²) >= 11 is 1.40. The molecule has 4 nitrogen and oxygen atoms in total. The second-order valence-corrected chi connectivity index (χ2v) is 5.52. The Hall–Kier alpha value is -3.28. The van der Waals surface area contributed by atoms with Crippen LogP contribution < -0.4 is 0 Å². The molecule has 23 heavy (non-hydrogen) atoms. The Kier molecular flexibility index (Phi) is 4.24. The van der Waals surface area contributed by atoms with E-state index in [0.29, 0.717) is 16.1 Å². The molecule has 108 valence electrons. The third-order valence-electron chi connectivity index (χ3n) is 3.11. The number of benzene rings is 1. The summed E-state index contributed by atoms with van der Waals surface area (Å²) < 4.78 is 0. The molecule has 0 aliphatic rings. The molecular weight excluding hydrogens is 304 g/mol. The summed E-state index contributed by atoms with van der Waals surface area (Å²) in [7, 11) is 0. The number of nitriles is 2. The summed E-state index contributed by atoms with van der Waals surface area (Å²) in [6.07, 6.45) is 3.45. The van der Waals surface area contributed by atoms with Crippen molar-refractivity contribution in [2.45, 2.75) is 0 Å². The molecule has 0 saturated heterocycles. The van der Waals surface area contributed by atoms with Crippen LogP contribution in [0.3, 0.4) is 0 Å². The predicted molar refractivity (Wildman–Crippen MR) is 90.0 cm³/mol. The first-order chi connectivity index (χ1) is 11.3. The number of pyridine rings is 1. The van der Waals surface area contributed by atoms with Crippen LogP contribution in [0, 0.1) is 22.7 Å². The maximum atomic E-state index is 9.41. The fourth-order valence-electron chi connectivity index (χ4n) is 2.04. The first kappa shape index (κ1) is 14.6. The van der Waals surface area contributed by atoms with E-state index in [1.54, 1.807) is 30.5 Å². The fourth-order valence-corrected chi connectivity index (χ4v) is 2.82. The molecule has 0 radical (unpaired) electrons. The normalized spacial score (nSPS) is 10.8. The number of hydrogen-bond acceptors (Lipinski definition) is 5. The molecule has 0 N–H and O–H groups in total. The van der Waals surface area contributed by atoms with Gasteiger partial charge in [0.25, 0.3) is 0 Å². The minimum absolute atomic E-state index is 0.465. The first-order valence-electron chi connectivity index (χ1n) is 6.79. The second kappa shape index (κ2) is 6.65. The van der Waals surface area contributed by atoms with Crippen LogP contribution in [-0.4, -0.2) is 9.97 Å². The molecule has 2 aromatic heterocycles. The van der Waals surface area contributed by atoms with Crippen molar-refractivity contribution in [2.24, 2.45) is 0 Å². The Balaban J connectivity index is 1.96. The van der Waals surface area contributed by atoms with Gasteiger partial charge in [0.2, 0.25) is 0 Å². The Bertz CT molecular complexity index is 943. The fraction of sp³-hybridized carbons (Fsp3) is 0. The highest BCUT2D eigenvalue weighted by molar-refractivity contribution is 7.11. The van der Waals surface area contributed by atoms with E-state index >= 15 is 0 Å². The van der Waals surface area contributed by atoms with E-state index in [1.165, 1.54) is 11.3 Å². The molecule has 0 unspecified atom stereocenters. The lowest BCUT2D eigenvalue weighted by Gasteiger charge is -1.97. The Labute approximate surface area is 137 Å². The van der Waals surface area contributed by atoms with Gasteiger partial charge in [0.05, 0.1) is 22.9 Å². The molecule has 0 aliphatic carbocycles. The molecule has 0 saturated carbocycles. The van der Waals surface area contributed by atoms with Crippen LogP contribution in [0.15, 0.2) is 54.0 Å². The van der Waals surface area contributed by atoms with Crippen LogP contribution in [0.2, 0.25) is 0 Å². The van der Waals surface area contributed by atoms with E-state index in [2.05, 4.69) is 22.1 Å². The van der Waals surface area contributed by atoms with Gasteiger partial charge in [-0.1, -0.05) is 18.2 Å². The third-order valence-corrected chi connectivity index (χ3v) is 3.98. The molecule has 0 spiro atoms. The van der Waals surface area contributed by atoms with Gasteiger partial charge < -0.3 is 0 Å². The number of rotatable bonds is 3. The lowest BCUT2D eigenvalue weighted by atomic mass is 10.1. The van der Waals surface area contributed by atoms with Crippen molar-refractivity contribution < 1.29 is 0 Å². The summed E-state index contributed by atoms with van der Waals surface area (Å²) in [6.45, 7) is 0. The van der Waals surface area contributed by atoms with Gasteiger partial charge >= 0.3 is 0 Å². The summed E-state index contributed by atoms with van der Waals surface area (Å²) in [5.41, 5.74) is 3.35. The number of thiazole rings is 1. The van der Waals surface area contributed by atoms with E-state index in [-0.39, 0.29) is 0 Å². The van der Waals surface area contributed by atoms with Crippen molar-refractivity contribution >= 4 is 23.0 Å². The Morgan fingerprint density at radius 2 is 2.00 bits per heavy atom. The van der Waals surface area contributed by atoms with Crippen molar-refractivity contribution in [1.29, 1.82) is 10.5 Å². The minimum Gasteiger partial charge on any atom is -0.255 e. The predicted octanol–water partition coefficient (Wildman–Crippen LogP) is 4.14. The van der Waals surface area contributed by atoms with Crippen molar-refractivity contribution in [3.8, 4) is 23.5 Å². The molecular formula is C18H10N4S. The SMILES string of the molecule is N#C/C(=C/c1cccc(C#N)c1)c1nc(-c2ccccn2)cs1. The Morgan fingerprint density at radius 3 is 2.74 bits per heavy atom. The molecule has 0 atom stereocenters. The zero-order valence-corrected chi connectivity index (χ0v) is 12.8. The highest BCUT2D eigenvalue weighted by atomic mass is 32.1. The summed E-state index contributed by atoms with van der Waals surface area (Å²) in [4.78, 5) is 8.75. The van der Waals surface area contributed by atoms with E-state index < -0.39 is 0 Å². The Morgan fingerprint density at radius 1 is 1.09 bits per heavy atom. The molecule has 1 aromatic carbocycles. The molecule has 0 aliphatic heterocycles. The van der Waals surface area contributed by atoms with Crippen LogP contribution in [0.5, 0.6) is 0 Å². The number of nitrogens with zero attached hydrogens (tertiary/aromatic N) is 4. The summed E-state index contributed by atoms with van der Waals surface area (Å²) in [5, 5.41) is 20.9. The maximum absolute atomic E-state index is 9.41. The van der Waals surface area contributed by atoms with Gasteiger partial charge in [-0.3, -0.25) is 4.98 Å². The topological polar surface area (TPSA) is 73.4 Å². The van der Waals surface area contributed by atoms with Crippen LogP contribution in [0.4, 0.5) is 0 Å². The zero-order chi connectivity index (χ0) is 16.1. The van der Waals surface area contributed by atoms with E-state index in [4.69, 9.17) is 5.26 Å². The monoisotopic (exact) mass is 314 g/mol. The smallest absolute Gasteiger partial charge is 0.134 e. The second-order valence-electron chi connectivity index (χ2n) is 4.66. The van der Waals surface area contributed by atoms with Gasteiger partial charge in [-0.15, -0.1) is 11.3 Å². The van der Waals surface area contributed by atoms with Gasteiger partial charge in [-0.25, -0.2) is 4.98 Å². The van der Waals surface area contributed by atoms with Gasteiger partial charge in [0.15, 0.2) is 0 Å². The highest BCUT2D eigenvalue weighted by Crippen LogP contribution is 2.26. The zero-order valence-electron chi connectivity index (χ0n) is 12.0.